The van der Waals surface area contributed by atoms with E-state index in [1.165, 1.54) is 11.8 Å². The van der Waals surface area contributed by atoms with Crippen LogP contribution in [-0.2, 0) is 19.1 Å². The molecule has 12 nitrogen and oxygen atoms in total. The fraction of sp³-hybridized carbons (Fsp3) is 0.722. The molecule has 278 valence electrons. The van der Waals surface area contributed by atoms with Crippen LogP contribution in [0.2, 0.25) is 0 Å². The number of benzene rings is 1. The van der Waals surface area contributed by atoms with Crippen LogP contribution < -0.4 is 15.4 Å². The third-order valence-electron chi connectivity index (χ3n) is 10.5. The first-order valence-corrected chi connectivity index (χ1v) is 17.9. The number of piperazine rings is 1. The average Bonchev–Trinajstić information content (AvgIpc) is 3.46. The minimum atomic E-state index is -2.87. The molecule has 14 heteroatoms. The van der Waals surface area contributed by atoms with Crippen LogP contribution in [0.15, 0.2) is 24.3 Å². The molecule has 4 aliphatic rings. The number of rotatable bonds is 10. The van der Waals surface area contributed by atoms with E-state index in [4.69, 9.17) is 9.47 Å². The quantitative estimate of drug-likeness (QED) is 0.332. The van der Waals surface area contributed by atoms with Gasteiger partial charge in [0, 0.05) is 63.7 Å². The number of ether oxygens (including phenoxy) is 2. The summed E-state index contributed by atoms with van der Waals surface area (Å²) in [4.78, 5) is 59.7. The molecule has 3 heterocycles. The second kappa shape index (κ2) is 15.4. The van der Waals surface area contributed by atoms with E-state index >= 15 is 0 Å². The van der Waals surface area contributed by atoms with Crippen molar-refractivity contribution in [3.05, 3.63) is 29.8 Å². The molecule has 1 aromatic carbocycles. The van der Waals surface area contributed by atoms with Gasteiger partial charge in [0.15, 0.2) is 0 Å². The molecule has 0 spiro atoms. The first-order valence-electron chi connectivity index (χ1n) is 17.9. The van der Waals surface area contributed by atoms with Crippen molar-refractivity contribution < 1.29 is 42.5 Å². The zero-order valence-electron chi connectivity index (χ0n) is 29.8. The minimum absolute atomic E-state index is 0.00572. The molecule has 0 bridgehead atoms. The van der Waals surface area contributed by atoms with Crippen molar-refractivity contribution in [2.75, 3.05) is 39.4 Å². The lowest BCUT2D eigenvalue weighted by molar-refractivity contribution is -0.150. The number of nitrogens with one attached hydrogen (secondary N) is 2. The summed E-state index contributed by atoms with van der Waals surface area (Å²) in [5.41, 5.74) is 0.389. The van der Waals surface area contributed by atoms with E-state index in [0.29, 0.717) is 38.3 Å². The highest BCUT2D eigenvalue weighted by Crippen LogP contribution is 2.39. The maximum atomic E-state index is 14.8. The Bertz CT molecular complexity index is 1400. The van der Waals surface area contributed by atoms with E-state index in [1.807, 2.05) is 52.0 Å². The number of alkyl halides is 2. The molecule has 2 saturated heterocycles. The molecule has 3 fully saturated rings. The van der Waals surface area contributed by atoms with E-state index < -0.39 is 66.1 Å². The van der Waals surface area contributed by atoms with E-state index in [-0.39, 0.29) is 56.6 Å². The summed E-state index contributed by atoms with van der Waals surface area (Å²) in [6, 6.07) is 3.76. The van der Waals surface area contributed by atoms with Crippen LogP contribution in [0.25, 0.3) is 0 Å². The Kier molecular flexibility index (Phi) is 11.6. The lowest BCUT2D eigenvalue weighted by Gasteiger charge is -2.45. The monoisotopic (exact) mass is 705 g/mol. The van der Waals surface area contributed by atoms with Crippen molar-refractivity contribution in [3.63, 3.8) is 0 Å². The van der Waals surface area contributed by atoms with Gasteiger partial charge in [0.2, 0.25) is 23.6 Å². The summed E-state index contributed by atoms with van der Waals surface area (Å²) >= 11 is 0. The Morgan fingerprint density at radius 3 is 2.46 bits per heavy atom. The summed E-state index contributed by atoms with van der Waals surface area (Å²) in [5, 5.41) is 15.9. The van der Waals surface area contributed by atoms with Crippen LogP contribution in [0.3, 0.4) is 0 Å². The molecule has 4 amide bonds. The molecule has 5 rings (SSSR count). The van der Waals surface area contributed by atoms with Crippen LogP contribution in [0.5, 0.6) is 5.75 Å². The fourth-order valence-electron chi connectivity index (χ4n) is 7.86. The molecular weight excluding hydrogens is 652 g/mol. The largest absolute Gasteiger partial charge is 0.493 e. The molecule has 0 unspecified atom stereocenters. The Morgan fingerprint density at radius 2 is 1.80 bits per heavy atom. The van der Waals surface area contributed by atoms with E-state index in [9.17, 15) is 33.1 Å². The van der Waals surface area contributed by atoms with Crippen molar-refractivity contribution in [3.8, 4) is 5.75 Å². The number of amides is 4. The predicted molar refractivity (Wildman–Crippen MR) is 181 cm³/mol. The smallest absolute Gasteiger partial charge is 0.407 e. The van der Waals surface area contributed by atoms with Crippen LogP contribution >= 0.6 is 0 Å². The van der Waals surface area contributed by atoms with Gasteiger partial charge in [-0.1, -0.05) is 39.0 Å². The number of hydrogen-bond donors (Lipinski definition) is 3. The zero-order chi connectivity index (χ0) is 36.4. The minimum Gasteiger partial charge on any atom is -0.493 e. The Morgan fingerprint density at radius 1 is 1.10 bits per heavy atom. The van der Waals surface area contributed by atoms with Gasteiger partial charge in [0.25, 0.3) is 0 Å². The Labute approximate surface area is 293 Å². The molecule has 0 radical (unpaired) electrons. The Hall–Kier alpha value is -3.52. The standard InChI is InChI=1S/C36H53F2N5O7/c1-6-49-25-17-24-18-42(28(20-41(24)19-25)32(45)39-27-13-16-50-29-10-8-7-9-26(27)29)33(46)30(23-11-14-36(37,38)15-12-23)40-31(44)22(2)43(34(47)48)21-35(3,4)5/h7-10,22-25,27-28,30H,6,11-21H2,1-5H3,(H,39,45)(H,40,44)(H,47,48)/t22-,24-,25-,27-,28+,30+/m1/s1. The summed E-state index contributed by atoms with van der Waals surface area (Å²) in [6.45, 7) is 11.0. The first-order chi connectivity index (χ1) is 23.6. The summed E-state index contributed by atoms with van der Waals surface area (Å²) in [7, 11) is 0. The first kappa shape index (κ1) is 37.7. The van der Waals surface area contributed by atoms with E-state index in [0.717, 1.165) is 10.5 Å². The average molecular weight is 706 g/mol. The molecule has 3 aliphatic heterocycles. The van der Waals surface area contributed by atoms with Crippen molar-refractivity contribution >= 4 is 23.8 Å². The highest BCUT2D eigenvalue weighted by Gasteiger charge is 2.49. The van der Waals surface area contributed by atoms with E-state index in [1.54, 1.807) is 0 Å². The number of carbonyl (C=O) groups excluding carboxylic acids is 3. The lowest BCUT2D eigenvalue weighted by atomic mass is 9.81. The molecule has 50 heavy (non-hydrogen) atoms. The number of halogens is 2. The van der Waals surface area contributed by atoms with Gasteiger partial charge in [-0.05, 0) is 50.5 Å². The molecule has 3 N–H and O–H groups in total. The van der Waals surface area contributed by atoms with Crippen molar-refractivity contribution in [1.29, 1.82) is 0 Å². The second-order valence-electron chi connectivity index (χ2n) is 15.5. The van der Waals surface area contributed by atoms with Gasteiger partial charge >= 0.3 is 6.09 Å². The van der Waals surface area contributed by atoms with Gasteiger partial charge in [0.05, 0.1) is 18.8 Å². The molecule has 1 saturated carbocycles. The second-order valence-corrected chi connectivity index (χ2v) is 15.5. The number of hydrogen-bond acceptors (Lipinski definition) is 7. The zero-order valence-corrected chi connectivity index (χ0v) is 29.8. The number of nitrogens with zero attached hydrogens (tertiary/aromatic N) is 3. The van der Waals surface area contributed by atoms with Gasteiger partial charge in [-0.2, -0.15) is 0 Å². The summed E-state index contributed by atoms with van der Waals surface area (Å²) in [5.74, 6) is -4.38. The number of fused-ring (bicyclic) bond motifs is 2. The molecular formula is C36H53F2N5O7. The van der Waals surface area contributed by atoms with Gasteiger partial charge in [-0.3, -0.25) is 24.2 Å². The molecule has 0 aromatic heterocycles. The third-order valence-corrected chi connectivity index (χ3v) is 10.5. The Balaban J connectivity index is 1.43. The topological polar surface area (TPSA) is 141 Å². The van der Waals surface area contributed by atoms with Crippen LogP contribution in [0.4, 0.5) is 13.6 Å². The maximum Gasteiger partial charge on any atom is 0.407 e. The predicted octanol–water partition coefficient (Wildman–Crippen LogP) is 4.04. The highest BCUT2D eigenvalue weighted by molar-refractivity contribution is 5.94. The van der Waals surface area contributed by atoms with Crippen LogP contribution in [-0.4, -0.2) is 119 Å². The number of para-hydroxylation sites is 1. The van der Waals surface area contributed by atoms with E-state index in [2.05, 4.69) is 15.5 Å². The van der Waals surface area contributed by atoms with Gasteiger partial charge in [0.1, 0.15) is 23.9 Å². The van der Waals surface area contributed by atoms with Gasteiger partial charge in [-0.15, -0.1) is 0 Å². The number of carbonyl (C=O) groups is 4. The summed E-state index contributed by atoms with van der Waals surface area (Å²) in [6.07, 6.45) is -1.02. The van der Waals surface area contributed by atoms with Crippen molar-refractivity contribution in [2.45, 2.75) is 115 Å². The third kappa shape index (κ3) is 8.85. The normalized spacial score (nSPS) is 26.5. The van der Waals surface area contributed by atoms with Gasteiger partial charge in [-0.25, -0.2) is 13.6 Å². The van der Waals surface area contributed by atoms with Crippen LogP contribution in [0.1, 0.15) is 84.7 Å². The molecule has 1 aliphatic carbocycles. The van der Waals surface area contributed by atoms with Crippen molar-refractivity contribution in [1.82, 2.24) is 25.3 Å². The van der Waals surface area contributed by atoms with Gasteiger partial charge < -0.3 is 30.1 Å². The highest BCUT2D eigenvalue weighted by atomic mass is 19.3. The number of carboxylic acid groups (broad SMARTS) is 1. The SMILES string of the molecule is CCO[C@@H]1C[C@@H]2CN(C(=O)[C@@H](NC(=O)[C@@H](C)N(CC(C)(C)C)C(=O)O)C3CCC(F)(F)CC3)[C@H](C(=O)N[C@@H]3CCOc4ccccc43)CN2C1. The summed E-state index contributed by atoms with van der Waals surface area (Å²) < 4.78 is 40.4. The maximum absolute atomic E-state index is 14.8. The lowest BCUT2D eigenvalue weighted by Crippen LogP contribution is -2.67. The molecule has 1 aromatic rings. The van der Waals surface area contributed by atoms with Crippen LogP contribution in [0, 0.1) is 11.3 Å². The molecule has 6 atom stereocenters. The fourth-order valence-corrected chi connectivity index (χ4v) is 7.86. The van der Waals surface area contributed by atoms with Crippen molar-refractivity contribution in [2.24, 2.45) is 11.3 Å².